The highest BCUT2D eigenvalue weighted by Gasteiger charge is 2.37. The summed E-state index contributed by atoms with van der Waals surface area (Å²) >= 11 is 0. The fourth-order valence-electron chi connectivity index (χ4n) is 4.95. The summed E-state index contributed by atoms with van der Waals surface area (Å²) in [4.78, 5) is 33.3. The van der Waals surface area contributed by atoms with Crippen molar-refractivity contribution < 1.29 is 14.3 Å². The van der Waals surface area contributed by atoms with Crippen LogP contribution in [0.3, 0.4) is 0 Å². The molecular weight excluding hydrogens is 396 g/mol. The highest BCUT2D eigenvalue weighted by Crippen LogP contribution is 2.39. The first-order chi connectivity index (χ1) is 15.0. The van der Waals surface area contributed by atoms with E-state index in [0.29, 0.717) is 29.1 Å². The van der Waals surface area contributed by atoms with Crippen molar-refractivity contribution >= 4 is 23.2 Å². The number of nitrogens with zero attached hydrogens (tertiary/aromatic N) is 4. The highest BCUT2D eigenvalue weighted by molar-refractivity contribution is 6.00. The Kier molecular flexibility index (Phi) is 4.70. The van der Waals surface area contributed by atoms with Crippen LogP contribution >= 0.6 is 0 Å². The molecule has 2 bridgehead atoms. The number of carbonyl (C=O) groups is 2. The minimum Gasteiger partial charge on any atom is -0.464 e. The van der Waals surface area contributed by atoms with Crippen LogP contribution in [-0.2, 0) is 4.74 Å². The molecule has 0 radical (unpaired) electrons. The van der Waals surface area contributed by atoms with Gasteiger partial charge in [0.2, 0.25) is 0 Å². The number of piperidine rings is 1. The molecule has 2 unspecified atom stereocenters. The van der Waals surface area contributed by atoms with Crippen LogP contribution in [0.25, 0.3) is 16.8 Å². The zero-order chi connectivity index (χ0) is 21.7. The molecule has 0 saturated carbocycles. The number of fused-ring (bicyclic) bond motifs is 3. The number of ether oxygens (including phenoxy) is 1. The summed E-state index contributed by atoms with van der Waals surface area (Å²) in [6.45, 7) is 1.53. The van der Waals surface area contributed by atoms with Crippen molar-refractivity contribution in [1.29, 1.82) is 0 Å². The lowest BCUT2D eigenvalue weighted by atomic mass is 9.86. The molecule has 31 heavy (non-hydrogen) atoms. The Morgan fingerprint density at radius 3 is 2.55 bits per heavy atom. The van der Waals surface area contributed by atoms with Crippen molar-refractivity contribution in [2.24, 2.45) is 0 Å². The second-order valence-corrected chi connectivity index (χ2v) is 8.34. The number of carbonyl (C=O) groups excluding carboxylic acids is 2. The summed E-state index contributed by atoms with van der Waals surface area (Å²) < 4.78 is 6.22. The zero-order valence-corrected chi connectivity index (χ0v) is 17.5. The van der Waals surface area contributed by atoms with Crippen LogP contribution in [0.2, 0.25) is 0 Å². The maximum Gasteiger partial charge on any atom is 0.356 e. The Bertz CT molecular complexity index is 1170. The summed E-state index contributed by atoms with van der Waals surface area (Å²) in [7, 11) is 1.32. The number of hydrogen-bond donors (Lipinski definition) is 2. The number of aromatic nitrogens is 4. The molecular formula is C22H24N6O3. The van der Waals surface area contributed by atoms with Crippen LogP contribution in [0.4, 0.5) is 5.82 Å². The SMILES string of the molecule is COC(=O)c1ccc(-c2cnn3c(N)c(C(C)=O)c(C4CC5CCC(C4)N5)nc23)cn1. The average Bonchev–Trinajstić information content (AvgIpc) is 3.35. The third-order valence-corrected chi connectivity index (χ3v) is 6.39. The lowest BCUT2D eigenvalue weighted by Crippen LogP contribution is -2.38. The van der Waals surface area contributed by atoms with Crippen molar-refractivity contribution in [2.75, 3.05) is 12.8 Å². The summed E-state index contributed by atoms with van der Waals surface area (Å²) in [5.74, 6) is -0.118. The Balaban J connectivity index is 1.63. The normalized spacial score (nSPS) is 22.6. The van der Waals surface area contributed by atoms with Crippen molar-refractivity contribution in [3.8, 4) is 11.1 Å². The molecule has 2 fully saturated rings. The summed E-state index contributed by atoms with van der Waals surface area (Å²) in [6, 6.07) is 4.30. The topological polar surface area (TPSA) is 124 Å². The number of esters is 1. The van der Waals surface area contributed by atoms with Crippen molar-refractivity contribution in [3.05, 3.63) is 41.5 Å². The maximum atomic E-state index is 12.5. The largest absolute Gasteiger partial charge is 0.464 e. The molecule has 2 aliphatic heterocycles. The van der Waals surface area contributed by atoms with Gasteiger partial charge in [0.25, 0.3) is 0 Å². The van der Waals surface area contributed by atoms with Gasteiger partial charge in [-0.15, -0.1) is 0 Å². The van der Waals surface area contributed by atoms with Crippen LogP contribution in [-0.4, -0.2) is 50.5 Å². The second-order valence-electron chi connectivity index (χ2n) is 8.34. The second kappa shape index (κ2) is 7.42. The van der Waals surface area contributed by atoms with Gasteiger partial charge in [-0.1, -0.05) is 6.07 Å². The van der Waals surface area contributed by atoms with Gasteiger partial charge in [0.15, 0.2) is 11.4 Å². The van der Waals surface area contributed by atoms with Gasteiger partial charge >= 0.3 is 5.97 Å². The van der Waals surface area contributed by atoms with E-state index in [-0.39, 0.29) is 17.4 Å². The molecule has 3 N–H and O–H groups in total. The number of Topliss-reactive ketones (excluding diaryl/α,β-unsaturated/α-hetero) is 1. The minimum atomic E-state index is -0.497. The van der Waals surface area contributed by atoms with E-state index in [4.69, 9.17) is 15.5 Å². The molecule has 2 saturated heterocycles. The molecule has 2 atom stereocenters. The van der Waals surface area contributed by atoms with Crippen LogP contribution < -0.4 is 11.1 Å². The number of anilines is 1. The van der Waals surface area contributed by atoms with Gasteiger partial charge < -0.3 is 15.8 Å². The van der Waals surface area contributed by atoms with Gasteiger partial charge in [-0.25, -0.2) is 14.8 Å². The number of nitrogen functional groups attached to an aromatic ring is 1. The van der Waals surface area contributed by atoms with Gasteiger partial charge in [0.1, 0.15) is 11.5 Å². The molecule has 160 valence electrons. The van der Waals surface area contributed by atoms with Crippen LogP contribution in [0.15, 0.2) is 24.5 Å². The zero-order valence-electron chi connectivity index (χ0n) is 17.5. The first-order valence-corrected chi connectivity index (χ1v) is 10.4. The Morgan fingerprint density at radius 2 is 1.94 bits per heavy atom. The summed E-state index contributed by atoms with van der Waals surface area (Å²) in [6.07, 6.45) is 7.45. The molecule has 3 aromatic heterocycles. The number of ketones is 1. The smallest absolute Gasteiger partial charge is 0.356 e. The number of hydrogen-bond acceptors (Lipinski definition) is 8. The van der Waals surface area contributed by atoms with E-state index in [2.05, 4.69) is 15.4 Å². The number of nitrogens with one attached hydrogen (secondary N) is 1. The third kappa shape index (κ3) is 3.25. The van der Waals surface area contributed by atoms with Crippen molar-refractivity contribution in [1.82, 2.24) is 24.9 Å². The maximum absolute atomic E-state index is 12.5. The van der Waals surface area contributed by atoms with Crippen molar-refractivity contribution in [3.63, 3.8) is 0 Å². The van der Waals surface area contributed by atoms with E-state index in [0.717, 1.165) is 42.5 Å². The Hall–Kier alpha value is -3.33. The highest BCUT2D eigenvalue weighted by atomic mass is 16.5. The molecule has 9 nitrogen and oxygen atoms in total. The fraction of sp³-hybridized carbons (Fsp3) is 0.409. The lowest BCUT2D eigenvalue weighted by Gasteiger charge is -2.30. The van der Waals surface area contributed by atoms with Gasteiger partial charge in [0, 0.05) is 35.3 Å². The molecule has 0 spiro atoms. The molecule has 0 aliphatic carbocycles. The third-order valence-electron chi connectivity index (χ3n) is 6.39. The van der Waals surface area contributed by atoms with Crippen molar-refractivity contribution in [2.45, 2.75) is 50.6 Å². The number of nitrogens with two attached hydrogens (primary N) is 1. The predicted octanol–water partition coefficient (Wildman–Crippen LogP) is 2.36. The first kappa shape index (κ1) is 19.6. The minimum absolute atomic E-state index is 0.103. The quantitative estimate of drug-likeness (QED) is 0.487. The molecule has 3 aromatic rings. The molecule has 5 heterocycles. The van der Waals surface area contributed by atoms with E-state index in [9.17, 15) is 9.59 Å². The van der Waals surface area contributed by atoms with E-state index in [1.54, 1.807) is 24.5 Å². The summed E-state index contributed by atoms with van der Waals surface area (Å²) in [5, 5.41) is 8.02. The average molecular weight is 420 g/mol. The van der Waals surface area contributed by atoms with Crippen LogP contribution in [0.1, 0.15) is 65.1 Å². The Morgan fingerprint density at radius 1 is 1.19 bits per heavy atom. The monoisotopic (exact) mass is 420 g/mol. The van der Waals surface area contributed by atoms with E-state index in [1.165, 1.54) is 18.5 Å². The molecule has 0 aromatic carbocycles. The lowest BCUT2D eigenvalue weighted by molar-refractivity contribution is 0.0594. The standard InChI is InChI=1S/C22H24N6O3/c1-11(29)18-19(13-7-14-4-5-15(8-13)26-14)27-21-16(10-25-28(21)20(18)23)12-3-6-17(24-9-12)22(30)31-2/h3,6,9-10,13-15,26H,4-5,7-8,23H2,1-2H3. The number of rotatable bonds is 4. The molecule has 5 rings (SSSR count). The Labute approximate surface area is 179 Å². The van der Waals surface area contributed by atoms with E-state index in [1.807, 2.05) is 0 Å². The van der Waals surface area contributed by atoms with Gasteiger partial charge in [-0.05, 0) is 38.7 Å². The molecule has 0 amide bonds. The first-order valence-electron chi connectivity index (χ1n) is 10.4. The number of pyridine rings is 1. The van der Waals surface area contributed by atoms with E-state index >= 15 is 0 Å². The van der Waals surface area contributed by atoms with Gasteiger partial charge in [-0.3, -0.25) is 4.79 Å². The summed E-state index contributed by atoms with van der Waals surface area (Å²) in [5.41, 5.74) is 9.95. The predicted molar refractivity (Wildman–Crippen MR) is 114 cm³/mol. The molecule has 2 aliphatic rings. The van der Waals surface area contributed by atoms with Crippen LogP contribution in [0.5, 0.6) is 0 Å². The molecule has 9 heteroatoms. The fourth-order valence-corrected chi connectivity index (χ4v) is 4.95. The van der Waals surface area contributed by atoms with E-state index < -0.39 is 5.97 Å². The van der Waals surface area contributed by atoms with Crippen LogP contribution in [0, 0.1) is 0 Å². The number of methoxy groups -OCH3 is 1. The van der Waals surface area contributed by atoms with Gasteiger partial charge in [-0.2, -0.15) is 9.61 Å². The van der Waals surface area contributed by atoms with Gasteiger partial charge in [0.05, 0.1) is 24.6 Å².